The van der Waals surface area contributed by atoms with Gasteiger partial charge in [-0.2, -0.15) is 0 Å². The zero-order valence-electron chi connectivity index (χ0n) is 8.43. The number of benzene rings is 1. The monoisotopic (exact) mass is 215 g/mol. The number of ether oxygens (including phenoxy) is 1. The van der Waals surface area contributed by atoms with Crippen LogP contribution >= 0.6 is 0 Å². The van der Waals surface area contributed by atoms with Crippen LogP contribution < -0.4 is 10.1 Å². The predicted molar refractivity (Wildman–Crippen MR) is 51.2 cm³/mol. The second-order valence-corrected chi connectivity index (χ2v) is 2.89. The Morgan fingerprint density at radius 1 is 1.40 bits per heavy atom. The van der Waals surface area contributed by atoms with Gasteiger partial charge in [-0.25, -0.2) is 8.78 Å². The van der Waals surface area contributed by atoms with Crippen molar-refractivity contribution in [1.82, 2.24) is 5.32 Å². The summed E-state index contributed by atoms with van der Waals surface area (Å²) in [4.78, 5) is 11.4. The minimum Gasteiger partial charge on any atom is -0.493 e. The molecule has 0 atom stereocenters. The third-order valence-corrected chi connectivity index (χ3v) is 1.88. The van der Waals surface area contributed by atoms with Crippen molar-refractivity contribution in [2.45, 2.75) is 0 Å². The van der Waals surface area contributed by atoms with E-state index in [0.717, 1.165) is 12.1 Å². The molecular weight excluding hydrogens is 204 g/mol. The van der Waals surface area contributed by atoms with Gasteiger partial charge in [-0.05, 0) is 19.2 Å². The van der Waals surface area contributed by atoms with Gasteiger partial charge < -0.3 is 10.1 Å². The van der Waals surface area contributed by atoms with E-state index in [1.54, 1.807) is 7.05 Å². The van der Waals surface area contributed by atoms with Gasteiger partial charge in [0.25, 0.3) is 0 Å². The van der Waals surface area contributed by atoms with Gasteiger partial charge in [0.15, 0.2) is 17.3 Å². The molecule has 1 aromatic carbocycles. The van der Waals surface area contributed by atoms with E-state index in [0.29, 0.717) is 0 Å². The van der Waals surface area contributed by atoms with E-state index < -0.39 is 17.4 Å². The molecule has 0 aromatic heterocycles. The van der Waals surface area contributed by atoms with E-state index in [1.807, 2.05) is 0 Å². The topological polar surface area (TPSA) is 38.3 Å². The highest BCUT2D eigenvalue weighted by Gasteiger charge is 2.20. The number of hydrogen-bond donors (Lipinski definition) is 1. The standard InChI is InChI=1S/C10H11F2NO2/c1-13-5-8(14)9-6(11)3-4-7(12)10(9)15-2/h3-4,13H,5H2,1-2H3. The molecule has 0 aliphatic heterocycles. The fourth-order valence-corrected chi connectivity index (χ4v) is 1.24. The number of ketones is 1. The summed E-state index contributed by atoms with van der Waals surface area (Å²) in [5.41, 5.74) is -0.355. The summed E-state index contributed by atoms with van der Waals surface area (Å²) in [6, 6.07) is 1.82. The van der Waals surface area contributed by atoms with E-state index >= 15 is 0 Å². The summed E-state index contributed by atoms with van der Waals surface area (Å²) >= 11 is 0. The van der Waals surface area contributed by atoms with E-state index in [1.165, 1.54) is 7.11 Å². The highest BCUT2D eigenvalue weighted by Crippen LogP contribution is 2.25. The minimum absolute atomic E-state index is 0.0727. The SMILES string of the molecule is CNCC(=O)c1c(F)ccc(F)c1OC. The molecule has 82 valence electrons. The van der Waals surface area contributed by atoms with Crippen LogP contribution in [0.1, 0.15) is 10.4 Å². The molecule has 0 aliphatic carbocycles. The lowest BCUT2D eigenvalue weighted by atomic mass is 10.1. The summed E-state index contributed by atoms with van der Waals surface area (Å²) in [7, 11) is 2.73. The Labute approximate surface area is 86.0 Å². The Balaban J connectivity index is 3.24. The molecule has 1 rings (SSSR count). The van der Waals surface area contributed by atoms with Crippen molar-refractivity contribution in [1.29, 1.82) is 0 Å². The largest absolute Gasteiger partial charge is 0.493 e. The molecule has 0 heterocycles. The molecule has 0 unspecified atom stereocenters. The fraction of sp³-hybridized carbons (Fsp3) is 0.300. The molecule has 1 aromatic rings. The van der Waals surface area contributed by atoms with Crippen molar-refractivity contribution >= 4 is 5.78 Å². The minimum atomic E-state index is -0.784. The van der Waals surface area contributed by atoms with Crippen LogP contribution in [0.3, 0.4) is 0 Å². The van der Waals surface area contributed by atoms with Crippen LogP contribution in [0.4, 0.5) is 8.78 Å². The van der Waals surface area contributed by atoms with Gasteiger partial charge in [0.05, 0.1) is 19.2 Å². The second kappa shape index (κ2) is 4.84. The third-order valence-electron chi connectivity index (χ3n) is 1.88. The quantitative estimate of drug-likeness (QED) is 0.771. The maximum Gasteiger partial charge on any atom is 0.183 e. The zero-order valence-corrected chi connectivity index (χ0v) is 8.43. The Morgan fingerprint density at radius 3 is 2.53 bits per heavy atom. The lowest BCUT2D eigenvalue weighted by Crippen LogP contribution is -2.20. The first-order valence-electron chi connectivity index (χ1n) is 4.31. The van der Waals surface area contributed by atoms with Gasteiger partial charge in [-0.3, -0.25) is 4.79 Å². The van der Waals surface area contributed by atoms with E-state index in [4.69, 9.17) is 0 Å². The summed E-state index contributed by atoms with van der Waals surface area (Å²) in [5, 5.41) is 2.57. The number of methoxy groups -OCH3 is 1. The molecule has 15 heavy (non-hydrogen) atoms. The Hall–Kier alpha value is -1.49. The van der Waals surface area contributed by atoms with Gasteiger partial charge in [-0.15, -0.1) is 0 Å². The molecular formula is C10H11F2NO2. The molecule has 0 radical (unpaired) electrons. The van der Waals surface area contributed by atoms with Crippen molar-refractivity contribution in [2.24, 2.45) is 0 Å². The van der Waals surface area contributed by atoms with Crippen LogP contribution in [0, 0.1) is 11.6 Å². The van der Waals surface area contributed by atoms with E-state index in [-0.39, 0.29) is 17.9 Å². The molecule has 1 N–H and O–H groups in total. The van der Waals surface area contributed by atoms with Crippen molar-refractivity contribution < 1.29 is 18.3 Å². The number of halogens is 2. The van der Waals surface area contributed by atoms with Crippen molar-refractivity contribution in [3.63, 3.8) is 0 Å². The number of likely N-dealkylation sites (N-methyl/N-ethyl adjacent to an activating group) is 1. The van der Waals surface area contributed by atoms with Crippen LogP contribution in [-0.4, -0.2) is 26.5 Å². The first-order valence-corrected chi connectivity index (χ1v) is 4.31. The summed E-state index contributed by atoms with van der Waals surface area (Å²) in [6.45, 7) is -0.0727. The number of rotatable bonds is 4. The second-order valence-electron chi connectivity index (χ2n) is 2.89. The molecule has 0 aliphatic rings. The predicted octanol–water partition coefficient (Wildman–Crippen LogP) is 1.38. The summed E-state index contributed by atoms with van der Waals surface area (Å²) < 4.78 is 31.1. The van der Waals surface area contributed by atoms with Crippen LogP contribution in [-0.2, 0) is 0 Å². The average molecular weight is 215 g/mol. The van der Waals surface area contributed by atoms with Crippen molar-refractivity contribution in [3.05, 3.63) is 29.3 Å². The van der Waals surface area contributed by atoms with Gasteiger partial charge in [-0.1, -0.05) is 0 Å². The number of nitrogens with one attached hydrogen (secondary N) is 1. The van der Waals surface area contributed by atoms with Crippen LogP contribution in [0.15, 0.2) is 12.1 Å². The number of hydrogen-bond acceptors (Lipinski definition) is 3. The Morgan fingerprint density at radius 2 is 2.00 bits per heavy atom. The molecule has 0 fully saturated rings. The summed E-state index contributed by atoms with van der Waals surface area (Å²) in [5.74, 6) is -2.44. The number of carbonyl (C=O) groups is 1. The molecule has 0 amide bonds. The van der Waals surface area contributed by atoms with Gasteiger partial charge in [0.2, 0.25) is 0 Å². The van der Waals surface area contributed by atoms with Gasteiger partial charge in [0, 0.05) is 0 Å². The molecule has 0 saturated carbocycles. The maximum absolute atomic E-state index is 13.3. The highest BCUT2D eigenvalue weighted by molar-refractivity contribution is 6.00. The maximum atomic E-state index is 13.3. The first-order chi connectivity index (χ1) is 7.11. The molecule has 0 saturated heterocycles. The van der Waals surface area contributed by atoms with Crippen LogP contribution in [0.2, 0.25) is 0 Å². The average Bonchev–Trinajstić information content (AvgIpc) is 2.21. The third kappa shape index (κ3) is 2.30. The normalized spacial score (nSPS) is 10.1. The number of carbonyl (C=O) groups excluding carboxylic acids is 1. The van der Waals surface area contributed by atoms with Crippen molar-refractivity contribution in [2.75, 3.05) is 20.7 Å². The van der Waals surface area contributed by atoms with Crippen LogP contribution in [0.5, 0.6) is 5.75 Å². The van der Waals surface area contributed by atoms with Gasteiger partial charge >= 0.3 is 0 Å². The Bertz CT molecular complexity index is 380. The zero-order chi connectivity index (χ0) is 11.4. The summed E-state index contributed by atoms with van der Waals surface area (Å²) in [6.07, 6.45) is 0. The molecule has 0 bridgehead atoms. The highest BCUT2D eigenvalue weighted by atomic mass is 19.1. The Kier molecular flexibility index (Phi) is 3.74. The van der Waals surface area contributed by atoms with Crippen LogP contribution in [0.25, 0.3) is 0 Å². The lowest BCUT2D eigenvalue weighted by Gasteiger charge is -2.09. The lowest BCUT2D eigenvalue weighted by molar-refractivity contribution is 0.0985. The molecule has 3 nitrogen and oxygen atoms in total. The fourth-order valence-electron chi connectivity index (χ4n) is 1.24. The molecule has 5 heteroatoms. The van der Waals surface area contributed by atoms with E-state index in [2.05, 4.69) is 10.1 Å². The van der Waals surface area contributed by atoms with Gasteiger partial charge in [0.1, 0.15) is 5.82 Å². The van der Waals surface area contributed by atoms with E-state index in [9.17, 15) is 13.6 Å². The number of Topliss-reactive ketones (excluding diaryl/α,β-unsaturated/α-hetero) is 1. The van der Waals surface area contributed by atoms with Crippen molar-refractivity contribution in [3.8, 4) is 5.75 Å². The first kappa shape index (κ1) is 11.6. The smallest absolute Gasteiger partial charge is 0.183 e. The molecule has 0 spiro atoms.